The summed E-state index contributed by atoms with van der Waals surface area (Å²) in [5.41, 5.74) is 0.941. The standard InChI is InChI=1S/C11H15NO4S/c1-9(14)10-3-5-11(6-4-10)12-17(15,16)8-2-7-13/h3-6,12-13H,2,7-8H2,1H3. The third-order valence-corrected chi connectivity index (χ3v) is 3.51. The highest BCUT2D eigenvalue weighted by Crippen LogP contribution is 2.12. The van der Waals surface area contributed by atoms with E-state index in [1.54, 1.807) is 12.1 Å². The van der Waals surface area contributed by atoms with Crippen LogP contribution in [0.3, 0.4) is 0 Å². The van der Waals surface area contributed by atoms with E-state index in [2.05, 4.69) is 4.72 Å². The summed E-state index contributed by atoms with van der Waals surface area (Å²) in [5.74, 6) is -0.197. The Morgan fingerprint density at radius 2 is 1.88 bits per heavy atom. The highest BCUT2D eigenvalue weighted by atomic mass is 32.2. The smallest absolute Gasteiger partial charge is 0.232 e. The Morgan fingerprint density at radius 1 is 1.29 bits per heavy atom. The van der Waals surface area contributed by atoms with Crippen LogP contribution in [0.5, 0.6) is 0 Å². The average molecular weight is 257 g/mol. The molecule has 0 aliphatic carbocycles. The van der Waals surface area contributed by atoms with Gasteiger partial charge in [-0.05, 0) is 37.6 Å². The fraction of sp³-hybridized carbons (Fsp3) is 0.364. The van der Waals surface area contributed by atoms with E-state index in [9.17, 15) is 13.2 Å². The van der Waals surface area contributed by atoms with Gasteiger partial charge in [0, 0.05) is 17.9 Å². The molecule has 2 N–H and O–H groups in total. The van der Waals surface area contributed by atoms with Crippen LogP contribution in [0.25, 0.3) is 0 Å². The second-order valence-electron chi connectivity index (χ2n) is 3.63. The fourth-order valence-corrected chi connectivity index (χ4v) is 2.36. The molecule has 0 aromatic heterocycles. The molecule has 1 aromatic rings. The van der Waals surface area contributed by atoms with Gasteiger partial charge in [-0.15, -0.1) is 0 Å². The molecule has 0 heterocycles. The molecule has 1 aromatic carbocycles. The average Bonchev–Trinajstić information content (AvgIpc) is 2.26. The monoisotopic (exact) mass is 257 g/mol. The van der Waals surface area contributed by atoms with Gasteiger partial charge in [0.2, 0.25) is 10.0 Å². The van der Waals surface area contributed by atoms with Crippen molar-refractivity contribution in [3.05, 3.63) is 29.8 Å². The highest BCUT2D eigenvalue weighted by molar-refractivity contribution is 7.92. The van der Waals surface area contributed by atoms with Crippen LogP contribution in [-0.4, -0.2) is 31.7 Å². The van der Waals surface area contributed by atoms with Crippen LogP contribution in [0.15, 0.2) is 24.3 Å². The zero-order valence-electron chi connectivity index (χ0n) is 9.51. The van der Waals surface area contributed by atoms with Crippen LogP contribution in [0.2, 0.25) is 0 Å². The van der Waals surface area contributed by atoms with Gasteiger partial charge in [-0.1, -0.05) is 0 Å². The number of carbonyl (C=O) groups is 1. The first-order valence-electron chi connectivity index (χ1n) is 5.17. The molecule has 0 saturated heterocycles. The van der Waals surface area contributed by atoms with Crippen LogP contribution in [-0.2, 0) is 10.0 Å². The minimum absolute atomic E-state index is 0.0697. The van der Waals surface area contributed by atoms with Crippen molar-refractivity contribution in [2.75, 3.05) is 17.1 Å². The first kappa shape index (κ1) is 13.7. The topological polar surface area (TPSA) is 83.5 Å². The summed E-state index contributed by atoms with van der Waals surface area (Å²) >= 11 is 0. The van der Waals surface area contributed by atoms with Crippen LogP contribution >= 0.6 is 0 Å². The lowest BCUT2D eigenvalue weighted by molar-refractivity contribution is 0.101. The van der Waals surface area contributed by atoms with Crippen LogP contribution in [0.4, 0.5) is 5.69 Å². The maximum atomic E-state index is 11.5. The molecule has 0 aliphatic heterocycles. The summed E-state index contributed by atoms with van der Waals surface area (Å²) in [7, 11) is -3.42. The summed E-state index contributed by atoms with van der Waals surface area (Å²) in [6.45, 7) is 1.28. The molecule has 0 amide bonds. The number of anilines is 1. The first-order valence-corrected chi connectivity index (χ1v) is 6.82. The van der Waals surface area contributed by atoms with Gasteiger partial charge in [-0.25, -0.2) is 8.42 Å². The first-order chi connectivity index (χ1) is 7.94. The largest absolute Gasteiger partial charge is 0.396 e. The summed E-state index contributed by atoms with van der Waals surface area (Å²) < 4.78 is 25.3. The molecule has 0 saturated carbocycles. The number of ketones is 1. The summed E-state index contributed by atoms with van der Waals surface area (Å²) in [6, 6.07) is 6.19. The van der Waals surface area contributed by atoms with Crippen molar-refractivity contribution in [1.29, 1.82) is 0 Å². The third-order valence-electron chi connectivity index (χ3n) is 2.14. The third kappa shape index (κ3) is 4.54. The lowest BCUT2D eigenvalue weighted by Crippen LogP contribution is -2.17. The van der Waals surface area contributed by atoms with Crippen molar-refractivity contribution in [1.82, 2.24) is 0 Å². The SMILES string of the molecule is CC(=O)c1ccc(NS(=O)(=O)CCCO)cc1. The van der Waals surface area contributed by atoms with Gasteiger partial charge in [0.1, 0.15) is 0 Å². The summed E-state index contributed by atoms with van der Waals surface area (Å²) in [6.07, 6.45) is 0.195. The molecule has 5 nitrogen and oxygen atoms in total. The van der Waals surface area contributed by atoms with Gasteiger partial charge >= 0.3 is 0 Å². The Hall–Kier alpha value is -1.40. The van der Waals surface area contributed by atoms with Crippen molar-refractivity contribution in [2.24, 2.45) is 0 Å². The molecule has 0 fully saturated rings. The fourth-order valence-electron chi connectivity index (χ4n) is 1.26. The number of hydrogen-bond acceptors (Lipinski definition) is 4. The number of aliphatic hydroxyl groups is 1. The maximum Gasteiger partial charge on any atom is 0.232 e. The number of hydrogen-bond donors (Lipinski definition) is 2. The maximum absolute atomic E-state index is 11.5. The van der Waals surface area contributed by atoms with Gasteiger partial charge in [0.05, 0.1) is 5.75 Å². The molecular formula is C11H15NO4S. The Kier molecular flexibility index (Phi) is 4.65. The number of aliphatic hydroxyl groups excluding tert-OH is 1. The van der Waals surface area contributed by atoms with E-state index in [4.69, 9.17) is 5.11 Å². The second kappa shape index (κ2) is 5.79. The van der Waals surface area contributed by atoms with Crippen LogP contribution in [0, 0.1) is 0 Å². The predicted molar refractivity (Wildman–Crippen MR) is 65.6 cm³/mol. The van der Waals surface area contributed by atoms with Crippen molar-refractivity contribution in [3.8, 4) is 0 Å². The molecule has 17 heavy (non-hydrogen) atoms. The van der Waals surface area contributed by atoms with E-state index in [1.165, 1.54) is 19.1 Å². The van der Waals surface area contributed by atoms with Crippen LogP contribution < -0.4 is 4.72 Å². The Morgan fingerprint density at radius 3 is 2.35 bits per heavy atom. The number of carbonyl (C=O) groups excluding carboxylic acids is 1. The Bertz CT molecular complexity index is 479. The van der Waals surface area contributed by atoms with E-state index in [-0.39, 0.29) is 24.6 Å². The molecule has 1 rings (SSSR count). The van der Waals surface area contributed by atoms with Gasteiger partial charge in [0.15, 0.2) is 5.78 Å². The Balaban J connectivity index is 2.72. The van der Waals surface area contributed by atoms with Crippen molar-refractivity contribution in [3.63, 3.8) is 0 Å². The van der Waals surface area contributed by atoms with E-state index in [0.29, 0.717) is 11.3 Å². The number of sulfonamides is 1. The normalized spacial score (nSPS) is 11.2. The zero-order valence-corrected chi connectivity index (χ0v) is 10.3. The molecule has 0 aliphatic rings. The highest BCUT2D eigenvalue weighted by Gasteiger charge is 2.09. The quantitative estimate of drug-likeness (QED) is 0.745. The summed E-state index contributed by atoms with van der Waals surface area (Å²) in [4.78, 5) is 11.0. The molecule has 0 spiro atoms. The van der Waals surface area contributed by atoms with Crippen LogP contribution in [0.1, 0.15) is 23.7 Å². The van der Waals surface area contributed by atoms with E-state index < -0.39 is 10.0 Å². The molecule has 0 bridgehead atoms. The molecule has 0 atom stereocenters. The zero-order chi connectivity index (χ0) is 12.9. The van der Waals surface area contributed by atoms with E-state index in [0.717, 1.165) is 0 Å². The molecule has 0 unspecified atom stereocenters. The molecule has 94 valence electrons. The predicted octanol–water partition coefficient (Wildman–Crippen LogP) is 1.01. The van der Waals surface area contributed by atoms with Crippen molar-refractivity contribution in [2.45, 2.75) is 13.3 Å². The number of benzene rings is 1. The number of Topliss-reactive ketones (excluding diaryl/α,β-unsaturated/α-hetero) is 1. The lowest BCUT2D eigenvalue weighted by atomic mass is 10.1. The number of rotatable bonds is 6. The molecule has 0 radical (unpaired) electrons. The van der Waals surface area contributed by atoms with Gasteiger partial charge in [0.25, 0.3) is 0 Å². The van der Waals surface area contributed by atoms with Gasteiger partial charge in [-0.3, -0.25) is 9.52 Å². The van der Waals surface area contributed by atoms with Gasteiger partial charge < -0.3 is 5.11 Å². The van der Waals surface area contributed by atoms with Gasteiger partial charge in [-0.2, -0.15) is 0 Å². The van der Waals surface area contributed by atoms with Crippen molar-refractivity contribution >= 4 is 21.5 Å². The minimum atomic E-state index is -3.42. The lowest BCUT2D eigenvalue weighted by Gasteiger charge is -2.07. The molecular weight excluding hydrogens is 242 g/mol. The summed E-state index contributed by atoms with van der Waals surface area (Å²) in [5, 5.41) is 8.56. The Labute approximate surface area is 101 Å². The number of nitrogens with one attached hydrogen (secondary N) is 1. The minimum Gasteiger partial charge on any atom is -0.396 e. The van der Waals surface area contributed by atoms with E-state index in [1.807, 2.05) is 0 Å². The second-order valence-corrected chi connectivity index (χ2v) is 5.47. The van der Waals surface area contributed by atoms with Crippen molar-refractivity contribution < 1.29 is 18.3 Å². The molecule has 6 heteroatoms. The van der Waals surface area contributed by atoms with E-state index >= 15 is 0 Å².